The topological polar surface area (TPSA) is 63.5 Å². The fourth-order valence-corrected chi connectivity index (χ4v) is 7.70. The van der Waals surface area contributed by atoms with Crippen LogP contribution in [-0.2, 0) is 4.74 Å². The van der Waals surface area contributed by atoms with Gasteiger partial charge in [0.05, 0.1) is 16.8 Å². The van der Waals surface area contributed by atoms with E-state index < -0.39 is 0 Å². The van der Waals surface area contributed by atoms with Crippen LogP contribution in [0.2, 0.25) is 0 Å². The Kier molecular flexibility index (Phi) is 5.82. The minimum atomic E-state index is 0.134. The molecule has 0 bridgehead atoms. The second-order valence-corrected chi connectivity index (χ2v) is 12.2. The highest BCUT2D eigenvalue weighted by molar-refractivity contribution is 6.19. The molecule has 0 amide bonds. The standard InChI is InChI=1S/C40H31N3O2/c1-42-39(24-10-3-2-4-11-24)38-30-23-26(18-20-34(30)45-40(38)41)25-12-9-13-27(22-25)43-31-16-7-5-14-28(31)36-32(43)19-21-35-37(36)29-15-6-8-17-33(29)44-35/h2-4,6,8-17,19-21,23,25-26,41H,1,5,7,18,22H2/b39-38-,41-40?. The molecular formula is C40H31N3O2. The molecule has 9 rings (SSSR count). The number of benzene rings is 3. The lowest BCUT2D eigenvalue weighted by Crippen LogP contribution is -2.31. The Labute approximate surface area is 260 Å². The molecule has 0 saturated carbocycles. The van der Waals surface area contributed by atoms with Crippen LogP contribution in [0.15, 0.2) is 123 Å². The first kappa shape index (κ1) is 26.0. The molecule has 218 valence electrons. The van der Waals surface area contributed by atoms with Gasteiger partial charge in [-0.3, -0.25) is 10.4 Å². The van der Waals surface area contributed by atoms with Crippen LogP contribution >= 0.6 is 0 Å². The van der Waals surface area contributed by atoms with E-state index in [4.69, 9.17) is 14.6 Å². The molecule has 5 heteroatoms. The largest absolute Gasteiger partial charge is 0.456 e. The van der Waals surface area contributed by atoms with Crippen LogP contribution in [0.1, 0.15) is 31.2 Å². The molecule has 5 aromatic rings. The normalized spacial score (nSPS) is 21.8. The molecule has 0 spiro atoms. The Morgan fingerprint density at radius 3 is 2.62 bits per heavy atom. The van der Waals surface area contributed by atoms with E-state index in [-0.39, 0.29) is 11.8 Å². The zero-order valence-electron chi connectivity index (χ0n) is 24.8. The van der Waals surface area contributed by atoms with Gasteiger partial charge in [-0.15, -0.1) is 0 Å². The number of fused-ring (bicyclic) bond motifs is 8. The highest BCUT2D eigenvalue weighted by Crippen LogP contribution is 2.44. The summed E-state index contributed by atoms with van der Waals surface area (Å²) in [6, 6.07) is 22.7. The van der Waals surface area contributed by atoms with Gasteiger partial charge in [0.1, 0.15) is 16.9 Å². The number of nitrogens with one attached hydrogen (secondary N) is 1. The van der Waals surface area contributed by atoms with Gasteiger partial charge in [0.25, 0.3) is 0 Å². The maximum Gasteiger partial charge on any atom is 0.222 e. The third-order valence-electron chi connectivity index (χ3n) is 9.70. The molecule has 1 N–H and O–H groups in total. The van der Waals surface area contributed by atoms with Crippen molar-refractivity contribution in [2.45, 2.75) is 25.7 Å². The molecule has 3 aromatic carbocycles. The fourth-order valence-electron chi connectivity index (χ4n) is 7.70. The summed E-state index contributed by atoms with van der Waals surface area (Å²) in [6.07, 6.45) is 20.0. The van der Waals surface area contributed by atoms with Crippen molar-refractivity contribution in [2.75, 3.05) is 0 Å². The van der Waals surface area contributed by atoms with Crippen molar-refractivity contribution >= 4 is 69.0 Å². The zero-order valence-corrected chi connectivity index (χ0v) is 24.8. The molecule has 4 aliphatic rings. The predicted molar refractivity (Wildman–Crippen MR) is 184 cm³/mol. The number of nitrogens with zero attached hydrogens (tertiary/aromatic N) is 2. The molecule has 1 aliphatic heterocycles. The summed E-state index contributed by atoms with van der Waals surface area (Å²) in [4.78, 5) is 4.37. The Morgan fingerprint density at radius 2 is 1.73 bits per heavy atom. The van der Waals surface area contributed by atoms with Crippen LogP contribution < -0.4 is 10.6 Å². The highest BCUT2D eigenvalue weighted by atomic mass is 16.5. The Bertz CT molecular complexity index is 2390. The Morgan fingerprint density at radius 1 is 0.889 bits per heavy atom. The van der Waals surface area contributed by atoms with Gasteiger partial charge in [0.2, 0.25) is 5.90 Å². The number of hydrogen-bond donors (Lipinski definition) is 1. The maximum absolute atomic E-state index is 8.69. The number of para-hydroxylation sites is 1. The number of aromatic nitrogens is 1. The third kappa shape index (κ3) is 3.93. The minimum Gasteiger partial charge on any atom is -0.456 e. The number of rotatable bonds is 4. The van der Waals surface area contributed by atoms with E-state index in [2.05, 4.69) is 89.1 Å². The average molecular weight is 586 g/mol. The highest BCUT2D eigenvalue weighted by Gasteiger charge is 2.35. The molecule has 0 radical (unpaired) electrons. The maximum atomic E-state index is 8.69. The van der Waals surface area contributed by atoms with Crippen molar-refractivity contribution in [3.05, 3.63) is 130 Å². The van der Waals surface area contributed by atoms with Gasteiger partial charge in [-0.25, -0.2) is 0 Å². The summed E-state index contributed by atoms with van der Waals surface area (Å²) in [5.41, 5.74) is 7.67. The molecule has 45 heavy (non-hydrogen) atoms. The number of furan rings is 1. The van der Waals surface area contributed by atoms with Gasteiger partial charge < -0.3 is 13.7 Å². The van der Waals surface area contributed by atoms with Crippen molar-refractivity contribution in [1.29, 1.82) is 5.41 Å². The lowest BCUT2D eigenvalue weighted by atomic mass is 9.79. The van der Waals surface area contributed by atoms with Crippen molar-refractivity contribution in [2.24, 2.45) is 16.8 Å². The van der Waals surface area contributed by atoms with E-state index in [1.807, 2.05) is 36.4 Å². The van der Waals surface area contributed by atoms with E-state index in [1.165, 1.54) is 37.9 Å². The van der Waals surface area contributed by atoms with E-state index in [0.717, 1.165) is 59.3 Å². The van der Waals surface area contributed by atoms with Crippen molar-refractivity contribution < 1.29 is 9.15 Å². The first-order valence-electron chi connectivity index (χ1n) is 15.7. The van der Waals surface area contributed by atoms with Gasteiger partial charge >= 0.3 is 0 Å². The molecule has 1 saturated heterocycles. The summed E-state index contributed by atoms with van der Waals surface area (Å²) < 4.78 is 14.7. The molecule has 2 atom stereocenters. The van der Waals surface area contributed by atoms with Gasteiger partial charge in [-0.1, -0.05) is 78.9 Å². The molecule has 2 aromatic heterocycles. The van der Waals surface area contributed by atoms with E-state index >= 15 is 0 Å². The summed E-state index contributed by atoms with van der Waals surface area (Å²) in [5.74, 6) is 1.44. The molecule has 3 aliphatic carbocycles. The van der Waals surface area contributed by atoms with Crippen LogP contribution in [0.5, 0.6) is 0 Å². The average Bonchev–Trinajstić information content (AvgIpc) is 3.74. The monoisotopic (exact) mass is 585 g/mol. The van der Waals surface area contributed by atoms with Gasteiger partial charge in [-0.05, 0) is 74.6 Å². The summed E-state index contributed by atoms with van der Waals surface area (Å²) in [7, 11) is 0. The molecule has 1 fully saturated rings. The quantitative estimate of drug-likeness (QED) is 0.216. The van der Waals surface area contributed by atoms with Gasteiger partial charge in [0, 0.05) is 43.6 Å². The first-order chi connectivity index (χ1) is 22.2. The van der Waals surface area contributed by atoms with Gasteiger partial charge in [-0.2, -0.15) is 0 Å². The number of hydrogen-bond acceptors (Lipinski definition) is 4. The first-order valence-corrected chi connectivity index (χ1v) is 15.7. The number of ether oxygens (including phenoxy) is 1. The van der Waals surface area contributed by atoms with Gasteiger partial charge in [0.15, 0.2) is 0 Å². The second kappa shape index (κ2) is 10.1. The van der Waals surface area contributed by atoms with E-state index in [9.17, 15) is 0 Å². The van der Waals surface area contributed by atoms with Crippen LogP contribution in [0, 0.1) is 17.2 Å². The third-order valence-corrected chi connectivity index (χ3v) is 9.70. The van der Waals surface area contributed by atoms with E-state index in [0.29, 0.717) is 11.6 Å². The molecule has 2 unspecified atom stereocenters. The summed E-state index contributed by atoms with van der Waals surface area (Å²) >= 11 is 0. The number of aliphatic imine (C=N–C) groups is 1. The Hall–Kier alpha value is -5.42. The Balaban J connectivity index is 1.14. The van der Waals surface area contributed by atoms with Crippen LogP contribution in [0.25, 0.3) is 56.4 Å². The second-order valence-electron chi connectivity index (χ2n) is 12.2. The lowest BCUT2D eigenvalue weighted by Gasteiger charge is -2.28. The number of allylic oxidation sites excluding steroid dienone is 7. The van der Waals surface area contributed by atoms with Crippen molar-refractivity contribution in [3.8, 4) is 0 Å². The molecular weight excluding hydrogens is 554 g/mol. The fraction of sp³-hybridized carbons (Fsp3) is 0.150. The summed E-state index contributed by atoms with van der Waals surface area (Å²) in [6.45, 7) is 3.85. The minimum absolute atomic E-state index is 0.134. The SMILES string of the molecule is C=N/C(=C1\C(=N)OC2=CCC(C3C=CC=C(n4c5c(c6c7c(ccc64)oc4ccccc47)=CCCC=5)C3)C=C21)c1ccccc1. The van der Waals surface area contributed by atoms with E-state index in [1.54, 1.807) is 0 Å². The van der Waals surface area contributed by atoms with Crippen molar-refractivity contribution in [1.82, 2.24) is 4.57 Å². The van der Waals surface area contributed by atoms with Crippen molar-refractivity contribution in [3.63, 3.8) is 0 Å². The lowest BCUT2D eigenvalue weighted by molar-refractivity contribution is 0.419. The molecule has 3 heterocycles. The zero-order chi connectivity index (χ0) is 30.1. The van der Waals surface area contributed by atoms with Crippen LogP contribution in [0.3, 0.4) is 0 Å². The summed E-state index contributed by atoms with van der Waals surface area (Å²) in [5, 5.41) is 14.9. The van der Waals surface area contributed by atoms with Crippen LogP contribution in [-0.4, -0.2) is 17.2 Å². The molecule has 5 nitrogen and oxygen atoms in total. The van der Waals surface area contributed by atoms with Crippen LogP contribution in [0.4, 0.5) is 0 Å². The smallest absolute Gasteiger partial charge is 0.222 e. The predicted octanol–water partition coefficient (Wildman–Crippen LogP) is 8.26.